The number of rotatable bonds is 37. The molecular formula is C61H86N4O14. The molecule has 4 amide bonds. The normalized spacial score (nSPS) is 12.0. The van der Waals surface area contributed by atoms with Crippen molar-refractivity contribution in [2.45, 2.75) is 131 Å². The van der Waals surface area contributed by atoms with Gasteiger partial charge in [-0.3, -0.25) is 19.2 Å². The number of amides is 4. The zero-order chi connectivity index (χ0) is 57.9. The molecule has 434 valence electrons. The molecule has 4 aromatic rings. The van der Waals surface area contributed by atoms with Crippen LogP contribution in [0.1, 0.15) is 118 Å². The smallest absolute Gasteiger partial charge is 0.338 e. The van der Waals surface area contributed by atoms with Gasteiger partial charge in [0.15, 0.2) is 26.4 Å². The second-order valence-electron chi connectivity index (χ2n) is 20.7. The van der Waals surface area contributed by atoms with Crippen molar-refractivity contribution in [1.29, 1.82) is 0 Å². The third-order valence-corrected chi connectivity index (χ3v) is 12.4. The van der Waals surface area contributed by atoms with E-state index in [0.717, 1.165) is 5.56 Å². The van der Waals surface area contributed by atoms with E-state index < -0.39 is 22.8 Å². The van der Waals surface area contributed by atoms with Crippen molar-refractivity contribution in [3.63, 3.8) is 0 Å². The lowest BCUT2D eigenvalue weighted by Crippen LogP contribution is -2.35. The first-order valence-corrected chi connectivity index (χ1v) is 27.4. The molecule has 0 saturated heterocycles. The van der Waals surface area contributed by atoms with Crippen LogP contribution in [0.2, 0.25) is 0 Å². The molecule has 0 radical (unpaired) electrons. The van der Waals surface area contributed by atoms with Crippen LogP contribution in [0.15, 0.2) is 84.9 Å². The van der Waals surface area contributed by atoms with Gasteiger partial charge in [-0.05, 0) is 172 Å². The average molecular weight is 1100 g/mol. The largest absolute Gasteiger partial charge is 0.484 e. The minimum atomic E-state index is -0.632. The average Bonchev–Trinajstić information content (AvgIpc) is 3.46. The third-order valence-electron chi connectivity index (χ3n) is 12.4. The van der Waals surface area contributed by atoms with E-state index in [1.165, 1.54) is 0 Å². The Hall–Kier alpha value is -6.73. The molecule has 0 bridgehead atoms. The van der Waals surface area contributed by atoms with E-state index in [-0.39, 0.29) is 91.3 Å². The second-order valence-corrected chi connectivity index (χ2v) is 20.7. The minimum Gasteiger partial charge on any atom is -0.484 e. The first-order chi connectivity index (χ1) is 37.6. The Balaban J connectivity index is 1.77. The molecule has 0 aliphatic heterocycles. The Labute approximate surface area is 467 Å². The number of ether oxygens (including phenoxy) is 9. The summed E-state index contributed by atoms with van der Waals surface area (Å²) in [5, 5.41) is 11.5. The van der Waals surface area contributed by atoms with Gasteiger partial charge < -0.3 is 63.9 Å². The molecule has 0 spiro atoms. The van der Waals surface area contributed by atoms with Crippen molar-refractivity contribution in [1.82, 2.24) is 21.3 Å². The fourth-order valence-corrected chi connectivity index (χ4v) is 8.18. The maximum atomic E-state index is 14.2. The highest BCUT2D eigenvalue weighted by Crippen LogP contribution is 2.37. The maximum Gasteiger partial charge on any atom is 0.338 e. The van der Waals surface area contributed by atoms with Gasteiger partial charge in [-0.2, -0.15) is 0 Å². The van der Waals surface area contributed by atoms with E-state index in [2.05, 4.69) is 21.3 Å². The highest BCUT2D eigenvalue weighted by molar-refractivity contribution is 5.94. The zero-order valence-electron chi connectivity index (χ0n) is 48.4. The van der Waals surface area contributed by atoms with Crippen LogP contribution in [0.4, 0.5) is 0 Å². The molecule has 0 fully saturated rings. The molecule has 4 aromatic carbocycles. The lowest BCUT2D eigenvalue weighted by Gasteiger charge is -2.24. The van der Waals surface area contributed by atoms with Crippen LogP contribution in [0.25, 0.3) is 22.3 Å². The number of hydrogen-bond acceptors (Lipinski definition) is 14. The summed E-state index contributed by atoms with van der Waals surface area (Å²) in [5.74, 6) is -1.11. The van der Waals surface area contributed by atoms with E-state index in [9.17, 15) is 24.0 Å². The van der Waals surface area contributed by atoms with Crippen molar-refractivity contribution >= 4 is 29.6 Å². The highest BCUT2D eigenvalue weighted by atomic mass is 16.5. The molecule has 0 saturated carbocycles. The number of esters is 1. The van der Waals surface area contributed by atoms with E-state index >= 15 is 0 Å². The number of carbonyl (C=O) groups is 5. The molecule has 4 N–H and O–H groups in total. The summed E-state index contributed by atoms with van der Waals surface area (Å²) in [6.07, 6.45) is 2.30. The van der Waals surface area contributed by atoms with Gasteiger partial charge in [0.25, 0.3) is 23.6 Å². The molecule has 0 aliphatic rings. The van der Waals surface area contributed by atoms with Crippen molar-refractivity contribution in [3.8, 4) is 45.3 Å². The van der Waals surface area contributed by atoms with Crippen LogP contribution in [0, 0.1) is 0 Å². The zero-order valence-corrected chi connectivity index (χ0v) is 48.4. The van der Waals surface area contributed by atoms with Gasteiger partial charge in [-0.15, -0.1) is 0 Å². The van der Waals surface area contributed by atoms with E-state index in [0.29, 0.717) is 101 Å². The lowest BCUT2D eigenvalue weighted by molar-refractivity contribution is -0.124. The first-order valence-electron chi connectivity index (χ1n) is 27.4. The fourth-order valence-electron chi connectivity index (χ4n) is 8.18. The van der Waals surface area contributed by atoms with Gasteiger partial charge >= 0.3 is 5.97 Å². The Morgan fingerprint density at radius 1 is 0.456 bits per heavy atom. The molecule has 0 aromatic heterocycles. The summed E-state index contributed by atoms with van der Waals surface area (Å²) in [6.45, 7) is 23.6. The van der Waals surface area contributed by atoms with E-state index in [1.807, 2.05) is 113 Å². The van der Waals surface area contributed by atoms with Crippen molar-refractivity contribution < 1.29 is 66.6 Å². The van der Waals surface area contributed by atoms with Crippen molar-refractivity contribution in [2.75, 3.05) is 79.0 Å². The van der Waals surface area contributed by atoms with Crippen molar-refractivity contribution in [3.05, 3.63) is 96.1 Å². The number of benzene rings is 4. The number of hydrogen-bond donors (Lipinski definition) is 4. The summed E-state index contributed by atoms with van der Waals surface area (Å²) < 4.78 is 53.2. The number of nitrogens with one attached hydrogen (secondary N) is 4. The molecule has 0 heterocycles. The Kier molecular flexibility index (Phi) is 27.1. The summed E-state index contributed by atoms with van der Waals surface area (Å²) in [4.78, 5) is 66.6. The van der Waals surface area contributed by atoms with Gasteiger partial charge in [0.1, 0.15) is 29.6 Å². The van der Waals surface area contributed by atoms with Gasteiger partial charge in [0.05, 0.1) is 28.5 Å². The third kappa shape index (κ3) is 25.3. The topological polar surface area (TPSA) is 217 Å². The predicted octanol–water partition coefficient (Wildman–Crippen LogP) is 8.79. The summed E-state index contributed by atoms with van der Waals surface area (Å²) >= 11 is 0. The summed E-state index contributed by atoms with van der Waals surface area (Å²) in [5.41, 5.74) is 1.63. The SMILES string of the molecule is CCOC(C)CCNC(=O)COc1cc(OCC(=O)NCCC(C)(C)OCC)cc(-c2cc(C(=O)OCc3ccccc3)cc(-c3cc(OCC(=O)NCCC(C)(C)OCC)cc(OCC(=O)NCCC(C)(C)OCC)c3)c2)c1. The highest BCUT2D eigenvalue weighted by Gasteiger charge is 2.22. The van der Waals surface area contributed by atoms with Crippen LogP contribution < -0.4 is 40.2 Å². The quantitative estimate of drug-likeness (QED) is 0.0311. The monoisotopic (exact) mass is 1100 g/mol. The van der Waals surface area contributed by atoms with Gasteiger partial charge in [-0.1, -0.05) is 30.3 Å². The molecule has 1 unspecified atom stereocenters. The Morgan fingerprint density at radius 3 is 1.16 bits per heavy atom. The van der Waals surface area contributed by atoms with Crippen LogP contribution in [0.5, 0.6) is 23.0 Å². The van der Waals surface area contributed by atoms with E-state index in [1.54, 1.807) is 48.5 Å². The standard InChI is InChI=1S/C61H86N4O14/c1-12-71-43(5)21-25-62-54(66)39-72-50-32-47(33-51(36-50)73-40-55(67)63-26-22-59(6,7)77-13-2)45-29-46(31-49(30-45)58(70)76-38-44-19-17-16-18-20-44)48-34-52(74-41-56(68)64-27-23-60(8,9)78-14-3)37-53(35-48)75-42-57(69)65-28-24-61(10,11)79-15-4/h16-20,29-37,43H,12-15,21-28,38-42H2,1-11H3,(H,62,66)(H,63,67)(H,64,68)(H,65,69). The first kappa shape index (κ1) is 64.8. The molecule has 4 rings (SSSR count). The van der Waals surface area contributed by atoms with Gasteiger partial charge in [0.2, 0.25) is 0 Å². The molecule has 18 heteroatoms. The van der Waals surface area contributed by atoms with Crippen molar-refractivity contribution in [2.24, 2.45) is 0 Å². The molecule has 0 aliphatic carbocycles. The van der Waals surface area contributed by atoms with Crippen LogP contribution in [-0.4, -0.2) is 132 Å². The predicted molar refractivity (Wildman–Crippen MR) is 304 cm³/mol. The molecule has 79 heavy (non-hydrogen) atoms. The molecular weight excluding hydrogens is 1010 g/mol. The Morgan fingerprint density at radius 2 is 0.810 bits per heavy atom. The van der Waals surface area contributed by atoms with Gasteiger partial charge in [-0.25, -0.2) is 4.79 Å². The van der Waals surface area contributed by atoms with E-state index in [4.69, 9.17) is 42.6 Å². The van der Waals surface area contributed by atoms with Crippen LogP contribution >= 0.6 is 0 Å². The van der Waals surface area contributed by atoms with Crippen LogP contribution in [-0.2, 0) is 49.5 Å². The molecule has 18 nitrogen and oxygen atoms in total. The summed E-state index contributed by atoms with van der Waals surface area (Å²) in [6, 6.07) is 24.3. The fraction of sp³-hybridized carbons (Fsp3) is 0.525. The summed E-state index contributed by atoms with van der Waals surface area (Å²) in [7, 11) is 0. The Bertz CT molecular complexity index is 2490. The molecule has 1 atom stereocenters. The van der Waals surface area contributed by atoms with Gasteiger partial charge in [0, 0.05) is 64.7 Å². The maximum absolute atomic E-state index is 14.2. The minimum absolute atomic E-state index is 0.00394. The second kappa shape index (κ2) is 33.0. The number of carbonyl (C=O) groups excluding carboxylic acids is 5. The van der Waals surface area contributed by atoms with Crippen LogP contribution in [0.3, 0.4) is 0 Å². The lowest BCUT2D eigenvalue weighted by atomic mass is 9.95.